The van der Waals surface area contributed by atoms with Crippen molar-refractivity contribution in [3.63, 3.8) is 0 Å². The Bertz CT molecular complexity index is 1200. The molecule has 31 heavy (non-hydrogen) atoms. The summed E-state index contributed by atoms with van der Waals surface area (Å²) >= 11 is 5.91. The number of hydrogen-bond donors (Lipinski definition) is 1. The second-order valence-electron chi connectivity index (χ2n) is 6.65. The van der Waals surface area contributed by atoms with Gasteiger partial charge in [0.15, 0.2) is 0 Å². The highest BCUT2D eigenvalue weighted by molar-refractivity contribution is 7.92. The van der Waals surface area contributed by atoms with Gasteiger partial charge in [-0.15, -0.1) is 0 Å². The number of rotatable bonds is 7. The van der Waals surface area contributed by atoms with Gasteiger partial charge in [-0.1, -0.05) is 41.4 Å². The highest BCUT2D eigenvalue weighted by Gasteiger charge is 2.27. The third kappa shape index (κ3) is 5.90. The molecule has 0 fully saturated rings. The molecule has 0 aliphatic rings. The molecule has 1 amide bonds. The molecule has 0 unspecified atom stereocenters. The van der Waals surface area contributed by atoms with Gasteiger partial charge in [0.1, 0.15) is 12.4 Å². The first-order valence-electron chi connectivity index (χ1n) is 9.18. The van der Waals surface area contributed by atoms with Gasteiger partial charge in [-0.2, -0.15) is 5.10 Å². The molecule has 3 aromatic rings. The fraction of sp³-hybridized carbons (Fsp3) is 0.0909. The summed E-state index contributed by atoms with van der Waals surface area (Å²) < 4.78 is 40.5. The van der Waals surface area contributed by atoms with Gasteiger partial charge in [0.2, 0.25) is 0 Å². The van der Waals surface area contributed by atoms with E-state index in [0.717, 1.165) is 34.1 Å². The van der Waals surface area contributed by atoms with Crippen molar-refractivity contribution in [1.29, 1.82) is 0 Å². The van der Waals surface area contributed by atoms with Gasteiger partial charge in [-0.05, 0) is 61.0 Å². The molecule has 0 aliphatic carbocycles. The Morgan fingerprint density at radius 3 is 2.42 bits per heavy atom. The lowest BCUT2D eigenvalue weighted by Gasteiger charge is -2.23. The number of aryl methyl sites for hydroxylation is 1. The first-order valence-corrected chi connectivity index (χ1v) is 11.0. The lowest BCUT2D eigenvalue weighted by molar-refractivity contribution is -0.119. The average molecular weight is 460 g/mol. The van der Waals surface area contributed by atoms with E-state index in [1.165, 1.54) is 6.21 Å². The van der Waals surface area contributed by atoms with Crippen LogP contribution < -0.4 is 9.73 Å². The Hall–Kier alpha value is -3.23. The summed E-state index contributed by atoms with van der Waals surface area (Å²) in [6, 6.07) is 17.9. The molecule has 0 heterocycles. The van der Waals surface area contributed by atoms with E-state index in [4.69, 9.17) is 11.6 Å². The number of benzene rings is 3. The van der Waals surface area contributed by atoms with Crippen molar-refractivity contribution in [2.45, 2.75) is 11.8 Å². The van der Waals surface area contributed by atoms with E-state index in [1.807, 2.05) is 6.92 Å². The first kappa shape index (κ1) is 22.5. The molecule has 0 bridgehead atoms. The number of hydrazone groups is 1. The highest BCUT2D eigenvalue weighted by atomic mass is 35.5. The standard InChI is InChI=1S/C22H19ClFN3O3S/c1-16-5-9-20(10-6-16)27(31(29,30)21-11-7-19(24)8-12-21)15-22(28)26-25-14-17-3-2-4-18(23)13-17/h2-14H,15H2,1H3,(H,26,28)/b25-14-. The second-order valence-corrected chi connectivity index (χ2v) is 8.95. The molecule has 160 valence electrons. The predicted octanol–water partition coefficient (Wildman–Crippen LogP) is 4.13. The molecular weight excluding hydrogens is 441 g/mol. The van der Waals surface area contributed by atoms with E-state index in [1.54, 1.807) is 48.5 Å². The van der Waals surface area contributed by atoms with Crippen LogP contribution in [0.3, 0.4) is 0 Å². The topological polar surface area (TPSA) is 78.8 Å². The Kier molecular flexibility index (Phi) is 7.04. The maximum Gasteiger partial charge on any atom is 0.264 e. The van der Waals surface area contributed by atoms with E-state index < -0.39 is 28.3 Å². The maximum atomic E-state index is 13.3. The summed E-state index contributed by atoms with van der Waals surface area (Å²) in [6.07, 6.45) is 1.40. The van der Waals surface area contributed by atoms with Crippen LogP contribution in [-0.4, -0.2) is 27.1 Å². The maximum absolute atomic E-state index is 13.3. The van der Waals surface area contributed by atoms with Gasteiger partial charge in [-0.25, -0.2) is 18.2 Å². The van der Waals surface area contributed by atoms with Crippen molar-refractivity contribution in [3.05, 3.63) is 94.8 Å². The van der Waals surface area contributed by atoms with Gasteiger partial charge in [0.25, 0.3) is 15.9 Å². The lowest BCUT2D eigenvalue weighted by atomic mass is 10.2. The number of anilines is 1. The molecule has 0 saturated heterocycles. The molecule has 3 aromatic carbocycles. The number of hydrogen-bond acceptors (Lipinski definition) is 4. The molecule has 0 aliphatic heterocycles. The first-order chi connectivity index (χ1) is 14.8. The van der Waals surface area contributed by atoms with Crippen LogP contribution in [0.5, 0.6) is 0 Å². The Morgan fingerprint density at radius 1 is 1.10 bits per heavy atom. The second kappa shape index (κ2) is 9.72. The van der Waals surface area contributed by atoms with Crippen molar-refractivity contribution in [2.75, 3.05) is 10.8 Å². The number of nitrogens with zero attached hydrogens (tertiary/aromatic N) is 2. The van der Waals surface area contributed by atoms with Gasteiger partial charge in [0, 0.05) is 5.02 Å². The predicted molar refractivity (Wildman–Crippen MR) is 119 cm³/mol. The molecule has 9 heteroatoms. The van der Waals surface area contributed by atoms with Crippen LogP contribution >= 0.6 is 11.6 Å². The van der Waals surface area contributed by atoms with Crippen molar-refractivity contribution in [2.24, 2.45) is 5.10 Å². The fourth-order valence-corrected chi connectivity index (χ4v) is 4.31. The Balaban J connectivity index is 1.83. The van der Waals surface area contributed by atoms with Crippen LogP contribution in [0.2, 0.25) is 5.02 Å². The van der Waals surface area contributed by atoms with E-state index in [9.17, 15) is 17.6 Å². The van der Waals surface area contributed by atoms with E-state index in [2.05, 4.69) is 10.5 Å². The zero-order valence-electron chi connectivity index (χ0n) is 16.5. The Morgan fingerprint density at radius 2 is 1.77 bits per heavy atom. The minimum absolute atomic E-state index is 0.135. The van der Waals surface area contributed by atoms with E-state index in [-0.39, 0.29) is 4.90 Å². The minimum Gasteiger partial charge on any atom is -0.271 e. The lowest BCUT2D eigenvalue weighted by Crippen LogP contribution is -2.39. The molecule has 6 nitrogen and oxygen atoms in total. The van der Waals surface area contributed by atoms with Crippen LogP contribution in [-0.2, 0) is 14.8 Å². The summed E-state index contributed by atoms with van der Waals surface area (Å²) in [6.45, 7) is 1.34. The molecule has 0 aromatic heterocycles. The summed E-state index contributed by atoms with van der Waals surface area (Å²) in [5, 5.41) is 4.38. The fourth-order valence-electron chi connectivity index (χ4n) is 2.69. The van der Waals surface area contributed by atoms with E-state index in [0.29, 0.717) is 16.3 Å². The molecular formula is C22H19ClFN3O3S. The van der Waals surface area contributed by atoms with Crippen LogP contribution in [0.1, 0.15) is 11.1 Å². The van der Waals surface area contributed by atoms with E-state index >= 15 is 0 Å². The molecule has 1 N–H and O–H groups in total. The SMILES string of the molecule is Cc1ccc(N(CC(=O)N/N=C\c2cccc(Cl)c2)S(=O)(=O)c2ccc(F)cc2)cc1. The average Bonchev–Trinajstić information content (AvgIpc) is 2.73. The molecule has 0 spiro atoms. The van der Waals surface area contributed by atoms with Crippen molar-refractivity contribution in [1.82, 2.24) is 5.43 Å². The normalized spacial score (nSPS) is 11.5. The van der Waals surface area contributed by atoms with Crippen molar-refractivity contribution >= 4 is 39.4 Å². The number of carbonyl (C=O) groups is 1. The zero-order chi connectivity index (χ0) is 22.4. The highest BCUT2D eigenvalue weighted by Crippen LogP contribution is 2.24. The quantitative estimate of drug-likeness (QED) is 0.426. The third-order valence-corrected chi connectivity index (χ3v) is 6.29. The van der Waals surface area contributed by atoms with Gasteiger partial charge < -0.3 is 0 Å². The number of nitrogens with one attached hydrogen (secondary N) is 1. The number of carbonyl (C=O) groups excluding carboxylic acids is 1. The number of amides is 1. The van der Waals surface area contributed by atoms with Gasteiger partial charge in [0.05, 0.1) is 16.8 Å². The van der Waals surface area contributed by atoms with Crippen molar-refractivity contribution in [3.8, 4) is 0 Å². The largest absolute Gasteiger partial charge is 0.271 e. The zero-order valence-corrected chi connectivity index (χ0v) is 18.1. The van der Waals surface area contributed by atoms with Crippen LogP contribution in [0, 0.1) is 12.7 Å². The van der Waals surface area contributed by atoms with Crippen LogP contribution in [0.4, 0.5) is 10.1 Å². The van der Waals surface area contributed by atoms with Gasteiger partial charge in [-0.3, -0.25) is 9.10 Å². The number of halogens is 2. The smallest absolute Gasteiger partial charge is 0.264 e. The Labute approximate surface area is 185 Å². The summed E-state index contributed by atoms with van der Waals surface area (Å²) in [4.78, 5) is 12.3. The van der Waals surface area contributed by atoms with Gasteiger partial charge >= 0.3 is 0 Å². The molecule has 3 rings (SSSR count). The molecule has 0 atom stereocenters. The molecule has 0 radical (unpaired) electrons. The van der Waals surface area contributed by atoms with Crippen molar-refractivity contribution < 1.29 is 17.6 Å². The minimum atomic E-state index is -4.13. The summed E-state index contributed by atoms with van der Waals surface area (Å²) in [5.74, 6) is -1.21. The monoisotopic (exact) mass is 459 g/mol. The van der Waals surface area contributed by atoms with Crippen LogP contribution in [0.25, 0.3) is 0 Å². The molecule has 0 saturated carbocycles. The summed E-state index contributed by atoms with van der Waals surface area (Å²) in [7, 11) is -4.13. The third-order valence-electron chi connectivity index (χ3n) is 4.26. The number of sulfonamides is 1. The summed E-state index contributed by atoms with van der Waals surface area (Å²) in [5.41, 5.74) is 4.21. The van der Waals surface area contributed by atoms with Crippen LogP contribution in [0.15, 0.2) is 82.8 Å².